The minimum absolute atomic E-state index is 0.166. The van der Waals surface area contributed by atoms with Gasteiger partial charge in [0.25, 0.3) is 0 Å². The molecule has 1 N–H and O–H groups in total. The van der Waals surface area contributed by atoms with E-state index in [1.54, 1.807) is 12.4 Å². The molecule has 0 aromatic carbocycles. The second-order valence-corrected chi connectivity index (χ2v) is 6.01. The van der Waals surface area contributed by atoms with E-state index in [0.29, 0.717) is 12.5 Å². The first kappa shape index (κ1) is 13.4. The summed E-state index contributed by atoms with van der Waals surface area (Å²) in [4.78, 5) is 22.3. The minimum atomic E-state index is -0.282. The van der Waals surface area contributed by atoms with Gasteiger partial charge < -0.3 is 19.5 Å². The van der Waals surface area contributed by atoms with Crippen LogP contribution in [0.15, 0.2) is 18.5 Å². The lowest BCUT2D eigenvalue weighted by Gasteiger charge is -2.34. The summed E-state index contributed by atoms with van der Waals surface area (Å²) in [6.45, 7) is 2.39. The Morgan fingerprint density at radius 3 is 2.86 bits per heavy atom. The average molecular weight is 301 g/mol. The molecule has 2 aromatic rings. The fraction of sp³-hybridized carbons (Fsp3) is 0.533. The highest BCUT2D eigenvalue weighted by Crippen LogP contribution is 2.27. The maximum absolute atomic E-state index is 11.2. The minimum Gasteiger partial charge on any atom is -0.447 e. The summed E-state index contributed by atoms with van der Waals surface area (Å²) < 4.78 is 7.12. The molecular formula is C15H19N5O2. The Bertz CT molecular complexity index is 705. The summed E-state index contributed by atoms with van der Waals surface area (Å²) in [7, 11) is 2.04. The number of ether oxygens (including phenoxy) is 1. The topological polar surface area (TPSA) is 72.3 Å². The molecule has 7 heteroatoms. The molecule has 2 aliphatic heterocycles. The predicted molar refractivity (Wildman–Crippen MR) is 81.7 cm³/mol. The Hall–Kier alpha value is -2.31. The van der Waals surface area contributed by atoms with Crippen molar-refractivity contribution in [1.29, 1.82) is 0 Å². The maximum Gasteiger partial charge on any atom is 0.407 e. The summed E-state index contributed by atoms with van der Waals surface area (Å²) in [5.74, 6) is 1.48. The number of hydrogen-bond acceptors (Lipinski definition) is 5. The van der Waals surface area contributed by atoms with Gasteiger partial charge in [-0.05, 0) is 24.8 Å². The van der Waals surface area contributed by atoms with Gasteiger partial charge in [0.15, 0.2) is 0 Å². The van der Waals surface area contributed by atoms with Crippen molar-refractivity contribution in [3.63, 3.8) is 0 Å². The summed E-state index contributed by atoms with van der Waals surface area (Å²) in [5.41, 5.74) is 2.03. The van der Waals surface area contributed by atoms with E-state index in [-0.39, 0.29) is 12.1 Å². The normalized spacial score (nSPS) is 22.9. The number of hydrogen-bond donors (Lipinski definition) is 1. The molecule has 22 heavy (non-hydrogen) atoms. The number of alkyl carbamates (subject to hydrolysis) is 1. The van der Waals surface area contributed by atoms with Crippen LogP contribution in [-0.2, 0) is 11.8 Å². The molecule has 0 bridgehead atoms. The van der Waals surface area contributed by atoms with E-state index in [0.717, 1.165) is 42.9 Å². The van der Waals surface area contributed by atoms with E-state index in [4.69, 9.17) is 9.72 Å². The number of nitrogens with zero attached hydrogens (tertiary/aromatic N) is 4. The predicted octanol–water partition coefficient (Wildman–Crippen LogP) is 1.29. The average Bonchev–Trinajstić information content (AvgIpc) is 3.12. The standard InChI is InChI=1S/C15H19N5O2/c1-19-13-2-5-16-8-11(13)17-14(19)20-6-3-10(4-7-20)12-9-22-15(21)18-12/h2,5,8,10,12H,3-4,6-7,9H2,1H3,(H,18,21). The Labute approximate surface area is 128 Å². The zero-order valence-corrected chi connectivity index (χ0v) is 12.5. The smallest absolute Gasteiger partial charge is 0.407 e. The van der Waals surface area contributed by atoms with Crippen LogP contribution in [0.1, 0.15) is 12.8 Å². The van der Waals surface area contributed by atoms with Crippen molar-refractivity contribution in [2.75, 3.05) is 24.6 Å². The van der Waals surface area contributed by atoms with Crippen LogP contribution in [0, 0.1) is 5.92 Å². The summed E-state index contributed by atoms with van der Waals surface area (Å²) in [6, 6.07) is 2.16. The summed E-state index contributed by atoms with van der Waals surface area (Å²) in [5, 5.41) is 2.90. The van der Waals surface area contributed by atoms with E-state index in [1.807, 2.05) is 13.1 Å². The fourth-order valence-electron chi connectivity index (χ4n) is 3.48. The number of carbonyl (C=O) groups excluding carboxylic acids is 1. The Balaban J connectivity index is 1.48. The third-order valence-corrected chi connectivity index (χ3v) is 4.75. The van der Waals surface area contributed by atoms with Crippen LogP contribution in [-0.4, -0.2) is 46.4 Å². The molecule has 1 amide bonds. The largest absolute Gasteiger partial charge is 0.447 e. The molecule has 0 spiro atoms. The van der Waals surface area contributed by atoms with Crippen molar-refractivity contribution >= 4 is 23.1 Å². The zero-order chi connectivity index (χ0) is 15.1. The number of piperidine rings is 1. The Kier molecular flexibility index (Phi) is 3.13. The Morgan fingerprint density at radius 2 is 2.18 bits per heavy atom. The first-order valence-corrected chi connectivity index (χ1v) is 7.67. The number of cyclic esters (lactones) is 1. The highest BCUT2D eigenvalue weighted by molar-refractivity contribution is 5.77. The van der Waals surface area contributed by atoms with Gasteiger partial charge in [-0.3, -0.25) is 4.98 Å². The van der Waals surface area contributed by atoms with Crippen molar-refractivity contribution in [2.45, 2.75) is 18.9 Å². The van der Waals surface area contributed by atoms with Gasteiger partial charge in [-0.25, -0.2) is 9.78 Å². The van der Waals surface area contributed by atoms with Crippen LogP contribution in [0.25, 0.3) is 11.0 Å². The molecule has 2 aromatic heterocycles. The lowest BCUT2D eigenvalue weighted by atomic mass is 9.90. The molecule has 2 aliphatic rings. The number of fused-ring (bicyclic) bond motifs is 1. The van der Waals surface area contributed by atoms with Gasteiger partial charge in [0.1, 0.15) is 12.1 Å². The van der Waals surface area contributed by atoms with Crippen molar-refractivity contribution in [2.24, 2.45) is 13.0 Å². The monoisotopic (exact) mass is 301 g/mol. The van der Waals surface area contributed by atoms with Gasteiger partial charge in [-0.1, -0.05) is 0 Å². The van der Waals surface area contributed by atoms with Crippen LogP contribution >= 0.6 is 0 Å². The molecule has 0 radical (unpaired) electrons. The molecule has 1 unspecified atom stereocenters. The Morgan fingerprint density at radius 1 is 1.36 bits per heavy atom. The molecule has 1 atom stereocenters. The number of nitrogens with one attached hydrogen (secondary N) is 1. The molecule has 0 aliphatic carbocycles. The van der Waals surface area contributed by atoms with E-state index in [1.165, 1.54) is 0 Å². The first-order valence-electron chi connectivity index (χ1n) is 7.67. The molecule has 4 rings (SSSR count). The number of imidazole rings is 1. The number of aryl methyl sites for hydroxylation is 1. The summed E-state index contributed by atoms with van der Waals surface area (Å²) >= 11 is 0. The number of pyridine rings is 1. The van der Waals surface area contributed by atoms with E-state index < -0.39 is 0 Å². The van der Waals surface area contributed by atoms with Gasteiger partial charge in [-0.15, -0.1) is 0 Å². The molecule has 4 heterocycles. The molecule has 0 saturated carbocycles. The van der Waals surface area contributed by atoms with Gasteiger partial charge in [0.05, 0.1) is 17.8 Å². The van der Waals surface area contributed by atoms with Crippen LogP contribution in [0.2, 0.25) is 0 Å². The third kappa shape index (κ3) is 2.17. The number of amides is 1. The van der Waals surface area contributed by atoms with Crippen LogP contribution in [0.4, 0.5) is 10.7 Å². The van der Waals surface area contributed by atoms with E-state index >= 15 is 0 Å². The van der Waals surface area contributed by atoms with Gasteiger partial charge in [0, 0.05) is 26.3 Å². The second kappa shape index (κ2) is 5.15. The van der Waals surface area contributed by atoms with Crippen molar-refractivity contribution in [1.82, 2.24) is 19.9 Å². The maximum atomic E-state index is 11.2. The third-order valence-electron chi connectivity index (χ3n) is 4.75. The number of aromatic nitrogens is 3. The van der Waals surface area contributed by atoms with Gasteiger partial charge in [0.2, 0.25) is 5.95 Å². The van der Waals surface area contributed by atoms with Crippen LogP contribution in [0.5, 0.6) is 0 Å². The highest BCUT2D eigenvalue weighted by Gasteiger charge is 2.33. The van der Waals surface area contributed by atoms with Crippen molar-refractivity contribution < 1.29 is 9.53 Å². The van der Waals surface area contributed by atoms with Crippen molar-refractivity contribution in [3.05, 3.63) is 18.5 Å². The second-order valence-electron chi connectivity index (χ2n) is 6.01. The number of carbonyl (C=O) groups is 1. The molecule has 116 valence electrons. The summed E-state index contributed by atoms with van der Waals surface area (Å²) in [6.07, 6.45) is 5.39. The molecule has 2 saturated heterocycles. The van der Waals surface area contributed by atoms with Crippen molar-refractivity contribution in [3.8, 4) is 0 Å². The van der Waals surface area contributed by atoms with E-state index in [2.05, 4.69) is 19.8 Å². The number of anilines is 1. The number of rotatable bonds is 2. The van der Waals surface area contributed by atoms with Gasteiger partial charge in [-0.2, -0.15) is 0 Å². The highest BCUT2D eigenvalue weighted by atomic mass is 16.6. The molecular weight excluding hydrogens is 282 g/mol. The lowest BCUT2D eigenvalue weighted by molar-refractivity contribution is 0.174. The van der Waals surface area contributed by atoms with Crippen LogP contribution in [0.3, 0.4) is 0 Å². The lowest BCUT2D eigenvalue weighted by Crippen LogP contribution is -2.43. The zero-order valence-electron chi connectivity index (χ0n) is 12.5. The molecule has 7 nitrogen and oxygen atoms in total. The van der Waals surface area contributed by atoms with Gasteiger partial charge >= 0.3 is 6.09 Å². The SMILES string of the molecule is Cn1c(N2CCC(C3COC(=O)N3)CC2)nc2cnccc21. The van der Waals surface area contributed by atoms with Crippen LogP contribution < -0.4 is 10.2 Å². The first-order chi connectivity index (χ1) is 10.7. The molecule has 2 fully saturated rings. The van der Waals surface area contributed by atoms with E-state index in [9.17, 15) is 4.79 Å². The quantitative estimate of drug-likeness (QED) is 0.905. The fourth-order valence-corrected chi connectivity index (χ4v) is 3.48.